The summed E-state index contributed by atoms with van der Waals surface area (Å²) in [6.07, 6.45) is 5.72. The molecule has 0 bridgehead atoms. The van der Waals surface area contributed by atoms with Crippen LogP contribution in [0.15, 0.2) is 42.7 Å². The summed E-state index contributed by atoms with van der Waals surface area (Å²) in [5.41, 5.74) is 0.935. The first-order chi connectivity index (χ1) is 13.0. The molecule has 0 N–H and O–H groups in total. The van der Waals surface area contributed by atoms with E-state index in [4.69, 9.17) is 9.47 Å². The van der Waals surface area contributed by atoms with E-state index in [9.17, 15) is 9.59 Å². The molecule has 0 aliphatic rings. The van der Waals surface area contributed by atoms with Gasteiger partial charge in [-0.2, -0.15) is 5.10 Å². The maximum absolute atomic E-state index is 12.3. The molecule has 0 atom stereocenters. The van der Waals surface area contributed by atoms with Gasteiger partial charge in [0, 0.05) is 18.3 Å². The lowest BCUT2D eigenvalue weighted by molar-refractivity contribution is -0.171. The van der Waals surface area contributed by atoms with Gasteiger partial charge in [0.15, 0.2) is 5.41 Å². The highest BCUT2D eigenvalue weighted by Gasteiger charge is 2.43. The van der Waals surface area contributed by atoms with Crippen LogP contribution in [-0.4, -0.2) is 34.9 Å². The first kappa shape index (κ1) is 20.7. The molecule has 0 unspecified atom stereocenters. The summed E-state index contributed by atoms with van der Waals surface area (Å²) in [7, 11) is 0. The molecule has 2 rings (SSSR count). The Kier molecular flexibility index (Phi) is 7.58. The van der Waals surface area contributed by atoms with Gasteiger partial charge in [0.05, 0.1) is 19.4 Å². The molecule has 0 amide bonds. The summed E-state index contributed by atoms with van der Waals surface area (Å²) in [5, 5.41) is 4.39. The third kappa shape index (κ3) is 5.42. The van der Waals surface area contributed by atoms with Gasteiger partial charge in [-0.05, 0) is 45.6 Å². The molecule has 27 heavy (non-hydrogen) atoms. The van der Waals surface area contributed by atoms with E-state index in [1.807, 2.05) is 47.4 Å². The summed E-state index contributed by atoms with van der Waals surface area (Å²) in [6, 6.07) is 10.1. The Hall–Kier alpha value is -2.63. The van der Waals surface area contributed by atoms with Crippen LogP contribution in [-0.2, 0) is 25.6 Å². The number of hydrogen-bond acceptors (Lipinski definition) is 5. The molecule has 0 aliphatic heterocycles. The topological polar surface area (TPSA) is 70.4 Å². The quantitative estimate of drug-likeness (QED) is 0.360. The fraction of sp³-hybridized carbons (Fsp3) is 0.476. The molecule has 6 heteroatoms. The number of nitrogens with zero attached hydrogens (tertiary/aromatic N) is 2. The van der Waals surface area contributed by atoms with Crippen LogP contribution in [0.5, 0.6) is 0 Å². The molecular weight excluding hydrogens is 344 g/mol. The summed E-state index contributed by atoms with van der Waals surface area (Å²) >= 11 is 0. The number of rotatable bonds is 10. The van der Waals surface area contributed by atoms with Crippen LogP contribution in [0.2, 0.25) is 0 Å². The molecule has 1 heterocycles. The van der Waals surface area contributed by atoms with Gasteiger partial charge in [-0.3, -0.25) is 14.3 Å². The zero-order valence-electron chi connectivity index (χ0n) is 16.3. The normalized spacial score (nSPS) is 11.2. The zero-order chi connectivity index (χ0) is 19.7. The fourth-order valence-corrected chi connectivity index (χ4v) is 2.89. The Bertz CT molecular complexity index is 722. The molecular formula is C21H28N2O4. The third-order valence-electron chi connectivity index (χ3n) is 4.51. The minimum atomic E-state index is -1.26. The molecule has 1 aromatic carbocycles. The van der Waals surface area contributed by atoms with Gasteiger partial charge in [-0.15, -0.1) is 0 Å². The van der Waals surface area contributed by atoms with Crippen molar-refractivity contribution in [2.75, 3.05) is 13.2 Å². The second-order valence-electron chi connectivity index (χ2n) is 6.59. The molecule has 6 nitrogen and oxygen atoms in total. The second-order valence-corrected chi connectivity index (χ2v) is 6.59. The van der Waals surface area contributed by atoms with Crippen LogP contribution in [0.3, 0.4) is 0 Å². The molecule has 0 radical (unpaired) electrons. The van der Waals surface area contributed by atoms with Crippen molar-refractivity contribution in [3.63, 3.8) is 0 Å². The van der Waals surface area contributed by atoms with Crippen molar-refractivity contribution in [3.8, 4) is 11.1 Å². The molecule has 0 saturated heterocycles. The Labute approximate surface area is 160 Å². The second kappa shape index (κ2) is 9.90. The van der Waals surface area contributed by atoms with Gasteiger partial charge in [0.2, 0.25) is 0 Å². The van der Waals surface area contributed by atoms with E-state index < -0.39 is 17.4 Å². The maximum Gasteiger partial charge on any atom is 0.323 e. The monoisotopic (exact) mass is 372 g/mol. The zero-order valence-corrected chi connectivity index (χ0v) is 16.3. The fourth-order valence-electron chi connectivity index (χ4n) is 2.89. The molecule has 0 saturated carbocycles. The molecule has 0 aliphatic carbocycles. The third-order valence-corrected chi connectivity index (χ3v) is 4.51. The molecule has 2 aromatic rings. The van der Waals surface area contributed by atoms with Crippen LogP contribution in [0.4, 0.5) is 0 Å². The van der Waals surface area contributed by atoms with E-state index in [-0.39, 0.29) is 13.2 Å². The first-order valence-corrected chi connectivity index (χ1v) is 9.43. The number of hydrogen-bond donors (Lipinski definition) is 0. The minimum absolute atomic E-state index is 0.239. The van der Waals surface area contributed by atoms with Crippen LogP contribution in [0.25, 0.3) is 11.1 Å². The van der Waals surface area contributed by atoms with Crippen LogP contribution < -0.4 is 0 Å². The summed E-state index contributed by atoms with van der Waals surface area (Å²) in [4.78, 5) is 24.5. The van der Waals surface area contributed by atoms with E-state index in [0.29, 0.717) is 19.4 Å². The number of esters is 2. The van der Waals surface area contributed by atoms with Gasteiger partial charge in [-0.25, -0.2) is 0 Å². The average molecular weight is 372 g/mol. The van der Waals surface area contributed by atoms with Gasteiger partial charge in [0.25, 0.3) is 0 Å². The van der Waals surface area contributed by atoms with E-state index in [1.165, 1.54) is 0 Å². The minimum Gasteiger partial charge on any atom is -0.465 e. The van der Waals surface area contributed by atoms with Crippen molar-refractivity contribution in [2.24, 2.45) is 5.41 Å². The Morgan fingerprint density at radius 1 is 1.00 bits per heavy atom. The highest BCUT2D eigenvalue weighted by molar-refractivity contribution is 5.99. The van der Waals surface area contributed by atoms with Crippen molar-refractivity contribution in [3.05, 3.63) is 42.7 Å². The first-order valence-electron chi connectivity index (χ1n) is 9.43. The lowest BCUT2D eigenvalue weighted by atomic mass is 9.85. The predicted octanol–water partition coefficient (Wildman–Crippen LogP) is 3.85. The van der Waals surface area contributed by atoms with Crippen molar-refractivity contribution < 1.29 is 19.1 Å². The Morgan fingerprint density at radius 2 is 1.63 bits per heavy atom. The van der Waals surface area contributed by atoms with E-state index in [2.05, 4.69) is 5.10 Å². The van der Waals surface area contributed by atoms with Crippen LogP contribution >= 0.6 is 0 Å². The highest BCUT2D eigenvalue weighted by atomic mass is 16.6. The van der Waals surface area contributed by atoms with Crippen molar-refractivity contribution in [1.29, 1.82) is 0 Å². The maximum atomic E-state index is 12.3. The smallest absolute Gasteiger partial charge is 0.323 e. The number of ether oxygens (including phenoxy) is 2. The standard InChI is InChI=1S/C21H28N2O4/c1-4-26-19(24)21(3,20(25)27-5-2)13-9-10-14-23-16-18(15-22-23)17-11-7-6-8-12-17/h6-8,11-12,15-16H,4-5,9-10,13-14H2,1-3H3. The van der Waals surface area contributed by atoms with Gasteiger partial charge < -0.3 is 9.47 Å². The summed E-state index contributed by atoms with van der Waals surface area (Å²) < 4.78 is 12.1. The Morgan fingerprint density at radius 3 is 2.22 bits per heavy atom. The summed E-state index contributed by atoms with van der Waals surface area (Å²) in [5.74, 6) is -1.04. The molecule has 1 aromatic heterocycles. The highest BCUT2D eigenvalue weighted by Crippen LogP contribution is 2.28. The number of carbonyl (C=O) groups is 2. The van der Waals surface area contributed by atoms with Crippen molar-refractivity contribution in [1.82, 2.24) is 9.78 Å². The number of benzene rings is 1. The van der Waals surface area contributed by atoms with Gasteiger partial charge in [-0.1, -0.05) is 30.3 Å². The SMILES string of the molecule is CCOC(=O)C(C)(CCCCn1cc(-c2ccccc2)cn1)C(=O)OCC. The lowest BCUT2D eigenvalue weighted by Crippen LogP contribution is -2.39. The number of aryl methyl sites for hydroxylation is 1. The largest absolute Gasteiger partial charge is 0.465 e. The van der Waals surface area contributed by atoms with E-state index >= 15 is 0 Å². The number of aromatic nitrogens is 2. The van der Waals surface area contributed by atoms with Crippen LogP contribution in [0.1, 0.15) is 40.0 Å². The van der Waals surface area contributed by atoms with Gasteiger partial charge in [0.1, 0.15) is 0 Å². The lowest BCUT2D eigenvalue weighted by Gasteiger charge is -2.24. The predicted molar refractivity (Wildman–Crippen MR) is 103 cm³/mol. The number of unbranched alkanes of at least 4 members (excludes halogenated alkanes) is 1. The van der Waals surface area contributed by atoms with E-state index in [1.54, 1.807) is 20.8 Å². The number of carbonyl (C=O) groups excluding carboxylic acids is 2. The van der Waals surface area contributed by atoms with Crippen molar-refractivity contribution >= 4 is 11.9 Å². The van der Waals surface area contributed by atoms with Gasteiger partial charge >= 0.3 is 11.9 Å². The Balaban J connectivity index is 1.90. The average Bonchev–Trinajstić information content (AvgIpc) is 3.15. The molecule has 0 fully saturated rings. The van der Waals surface area contributed by atoms with E-state index in [0.717, 1.165) is 17.5 Å². The molecule has 146 valence electrons. The van der Waals surface area contributed by atoms with Crippen LogP contribution in [0, 0.1) is 5.41 Å². The summed E-state index contributed by atoms with van der Waals surface area (Å²) in [6.45, 7) is 6.25. The molecule has 0 spiro atoms. The van der Waals surface area contributed by atoms with Crippen molar-refractivity contribution in [2.45, 2.75) is 46.6 Å².